The Labute approximate surface area is 94.3 Å². The van der Waals surface area contributed by atoms with Gasteiger partial charge in [0.05, 0.1) is 5.52 Å². The lowest BCUT2D eigenvalue weighted by Crippen LogP contribution is -1.92. The van der Waals surface area contributed by atoms with Gasteiger partial charge in [-0.3, -0.25) is 4.79 Å². The summed E-state index contributed by atoms with van der Waals surface area (Å²) in [7, 11) is 0. The van der Waals surface area contributed by atoms with E-state index in [0.29, 0.717) is 32.9 Å². The fourth-order valence-corrected chi connectivity index (χ4v) is 1.94. The highest BCUT2D eigenvalue weighted by molar-refractivity contribution is 9.10. The van der Waals surface area contributed by atoms with Gasteiger partial charge in [0.2, 0.25) is 0 Å². The predicted octanol–water partition coefficient (Wildman–Crippen LogP) is 3.26. The molecule has 1 aromatic heterocycles. The molecular weight excluding hydrogens is 261 g/mol. The molecule has 2 nitrogen and oxygen atoms in total. The number of carbonyl (C=O) groups excluding carboxylic acids is 1. The summed E-state index contributed by atoms with van der Waals surface area (Å²) in [6.07, 6.45) is 0.671. The number of halogens is 2. The maximum atomic E-state index is 13.4. The molecular formula is C11H7BrFNO. The van der Waals surface area contributed by atoms with Crippen LogP contribution >= 0.6 is 15.9 Å². The molecule has 2 rings (SSSR count). The Hall–Kier alpha value is -1.29. The van der Waals surface area contributed by atoms with E-state index in [2.05, 4.69) is 20.9 Å². The zero-order valence-electron chi connectivity index (χ0n) is 7.92. The summed E-state index contributed by atoms with van der Waals surface area (Å²) in [6.45, 7) is 1.69. The Morgan fingerprint density at radius 2 is 2.20 bits per heavy atom. The molecule has 0 N–H and O–H groups in total. The Bertz CT molecular complexity index is 554. The third-order valence-corrected chi connectivity index (χ3v) is 2.88. The van der Waals surface area contributed by atoms with Crippen LogP contribution < -0.4 is 0 Å². The number of hydrogen-bond acceptors (Lipinski definition) is 2. The van der Waals surface area contributed by atoms with Gasteiger partial charge in [-0.15, -0.1) is 0 Å². The van der Waals surface area contributed by atoms with Gasteiger partial charge in [-0.25, -0.2) is 9.37 Å². The molecule has 0 fully saturated rings. The lowest BCUT2D eigenvalue weighted by atomic mass is 10.1. The van der Waals surface area contributed by atoms with Crippen molar-refractivity contribution < 1.29 is 9.18 Å². The number of nitrogens with zero attached hydrogens (tertiary/aromatic N) is 1. The van der Waals surface area contributed by atoms with Crippen molar-refractivity contribution in [3.8, 4) is 0 Å². The molecule has 4 heteroatoms. The Kier molecular flexibility index (Phi) is 2.52. The van der Waals surface area contributed by atoms with Gasteiger partial charge in [-0.1, -0.05) is 6.07 Å². The summed E-state index contributed by atoms with van der Waals surface area (Å²) >= 11 is 3.23. The van der Waals surface area contributed by atoms with E-state index in [4.69, 9.17) is 0 Å². The molecule has 0 spiro atoms. The van der Waals surface area contributed by atoms with Crippen molar-refractivity contribution in [3.05, 3.63) is 39.7 Å². The van der Waals surface area contributed by atoms with E-state index >= 15 is 0 Å². The average Bonchev–Trinajstić information content (AvgIpc) is 2.25. The van der Waals surface area contributed by atoms with Crippen molar-refractivity contribution in [2.24, 2.45) is 0 Å². The topological polar surface area (TPSA) is 30.0 Å². The summed E-state index contributed by atoms with van der Waals surface area (Å²) in [5.74, 6) is -0.282. The Morgan fingerprint density at radius 1 is 1.47 bits per heavy atom. The molecule has 2 aromatic rings. The van der Waals surface area contributed by atoms with Gasteiger partial charge in [0.25, 0.3) is 0 Å². The molecule has 0 amide bonds. The minimum Gasteiger partial charge on any atom is -0.296 e. The van der Waals surface area contributed by atoms with Gasteiger partial charge in [-0.05, 0) is 40.5 Å². The van der Waals surface area contributed by atoms with Gasteiger partial charge in [0.1, 0.15) is 11.5 Å². The second kappa shape index (κ2) is 3.70. The third kappa shape index (κ3) is 1.65. The van der Waals surface area contributed by atoms with Gasteiger partial charge in [0, 0.05) is 9.86 Å². The van der Waals surface area contributed by atoms with Crippen molar-refractivity contribution in [1.82, 2.24) is 4.98 Å². The molecule has 0 aliphatic heterocycles. The summed E-state index contributed by atoms with van der Waals surface area (Å²) in [6, 6.07) is 4.64. The molecule has 1 heterocycles. The van der Waals surface area contributed by atoms with Crippen molar-refractivity contribution in [2.45, 2.75) is 6.92 Å². The molecule has 76 valence electrons. The van der Waals surface area contributed by atoms with Crippen LogP contribution in [0.15, 0.2) is 22.7 Å². The molecule has 0 aliphatic rings. The van der Waals surface area contributed by atoms with Gasteiger partial charge >= 0.3 is 0 Å². The van der Waals surface area contributed by atoms with Crippen molar-refractivity contribution in [2.75, 3.05) is 0 Å². The molecule has 0 radical (unpaired) electrons. The zero-order valence-corrected chi connectivity index (χ0v) is 9.51. The summed E-state index contributed by atoms with van der Waals surface area (Å²) in [4.78, 5) is 14.7. The van der Waals surface area contributed by atoms with Crippen LogP contribution in [0, 0.1) is 12.7 Å². The number of aromatic nitrogens is 1. The van der Waals surface area contributed by atoms with Crippen LogP contribution in [0.1, 0.15) is 16.1 Å². The lowest BCUT2D eigenvalue weighted by molar-refractivity contribution is 0.111. The van der Waals surface area contributed by atoms with Crippen molar-refractivity contribution in [3.63, 3.8) is 0 Å². The highest BCUT2D eigenvalue weighted by Crippen LogP contribution is 2.27. The van der Waals surface area contributed by atoms with Crippen molar-refractivity contribution >= 4 is 33.1 Å². The molecule has 0 saturated carbocycles. The first-order chi connectivity index (χ1) is 7.13. The van der Waals surface area contributed by atoms with Crippen molar-refractivity contribution in [1.29, 1.82) is 0 Å². The van der Waals surface area contributed by atoms with E-state index < -0.39 is 0 Å². The molecule has 0 unspecified atom stereocenters. The fourth-order valence-electron chi connectivity index (χ4n) is 1.44. The van der Waals surface area contributed by atoms with Crippen LogP contribution in [0.2, 0.25) is 0 Å². The molecule has 0 atom stereocenters. The number of hydrogen-bond donors (Lipinski definition) is 0. The Balaban J connectivity index is 2.89. The largest absolute Gasteiger partial charge is 0.296 e. The standard InChI is InChI=1S/C11H7BrFNO/c1-6-8-3-2-7(5-15)14-11(8)9(12)4-10(6)13/h2-5H,1H3. The first-order valence-corrected chi connectivity index (χ1v) is 5.13. The van der Waals surface area contributed by atoms with Gasteiger partial charge in [0.15, 0.2) is 6.29 Å². The highest BCUT2D eigenvalue weighted by Gasteiger charge is 2.09. The monoisotopic (exact) mass is 267 g/mol. The summed E-state index contributed by atoms with van der Waals surface area (Å²) < 4.78 is 13.9. The molecule has 15 heavy (non-hydrogen) atoms. The number of aldehydes is 1. The molecule has 1 aromatic carbocycles. The number of benzene rings is 1. The van der Waals surface area contributed by atoms with E-state index in [1.807, 2.05) is 0 Å². The Morgan fingerprint density at radius 3 is 2.87 bits per heavy atom. The number of rotatable bonds is 1. The maximum absolute atomic E-state index is 13.4. The second-order valence-electron chi connectivity index (χ2n) is 3.22. The minimum absolute atomic E-state index is 0.282. The smallest absolute Gasteiger partial charge is 0.168 e. The fraction of sp³-hybridized carbons (Fsp3) is 0.0909. The first-order valence-electron chi connectivity index (χ1n) is 4.34. The zero-order chi connectivity index (χ0) is 11.0. The van der Waals surface area contributed by atoms with E-state index in [-0.39, 0.29) is 5.82 Å². The number of fused-ring (bicyclic) bond motifs is 1. The average molecular weight is 268 g/mol. The minimum atomic E-state index is -0.282. The number of carbonyl (C=O) groups is 1. The van der Waals surface area contributed by atoms with Gasteiger partial charge < -0.3 is 0 Å². The van der Waals surface area contributed by atoms with E-state index in [9.17, 15) is 9.18 Å². The second-order valence-corrected chi connectivity index (χ2v) is 4.07. The van der Waals surface area contributed by atoms with Crippen LogP contribution in [0.3, 0.4) is 0 Å². The number of aryl methyl sites for hydroxylation is 1. The van der Waals surface area contributed by atoms with E-state index in [0.717, 1.165) is 0 Å². The predicted molar refractivity (Wildman–Crippen MR) is 59.5 cm³/mol. The van der Waals surface area contributed by atoms with Crippen LogP contribution in [-0.4, -0.2) is 11.3 Å². The maximum Gasteiger partial charge on any atom is 0.168 e. The van der Waals surface area contributed by atoms with E-state index in [1.165, 1.54) is 6.07 Å². The third-order valence-electron chi connectivity index (χ3n) is 2.28. The normalized spacial score (nSPS) is 10.6. The van der Waals surface area contributed by atoms with Crippen LogP contribution in [-0.2, 0) is 0 Å². The van der Waals surface area contributed by atoms with Crippen LogP contribution in [0.5, 0.6) is 0 Å². The SMILES string of the molecule is Cc1c(F)cc(Br)c2nc(C=O)ccc12. The number of pyridine rings is 1. The van der Waals surface area contributed by atoms with Gasteiger partial charge in [-0.2, -0.15) is 0 Å². The first kappa shape index (κ1) is 10.2. The quantitative estimate of drug-likeness (QED) is 0.743. The van der Waals surface area contributed by atoms with Crippen LogP contribution in [0.4, 0.5) is 4.39 Å². The summed E-state index contributed by atoms with van der Waals surface area (Å²) in [5, 5.41) is 0.715. The van der Waals surface area contributed by atoms with Crippen LogP contribution in [0.25, 0.3) is 10.9 Å². The summed E-state index contributed by atoms with van der Waals surface area (Å²) in [5.41, 5.74) is 1.49. The van der Waals surface area contributed by atoms with E-state index in [1.54, 1.807) is 19.1 Å². The molecule has 0 saturated heterocycles. The highest BCUT2D eigenvalue weighted by atomic mass is 79.9. The lowest BCUT2D eigenvalue weighted by Gasteiger charge is -2.05. The molecule has 0 bridgehead atoms. The molecule has 0 aliphatic carbocycles.